The lowest BCUT2D eigenvalue weighted by atomic mass is 10.2. The zero-order valence-corrected chi connectivity index (χ0v) is 13.2. The average Bonchev–Trinajstić information content (AvgIpc) is 2.83. The van der Waals surface area contributed by atoms with Gasteiger partial charge in [-0.05, 0) is 30.0 Å². The Morgan fingerprint density at radius 2 is 1.80 bits per heavy atom. The van der Waals surface area contributed by atoms with Crippen LogP contribution in [0.15, 0.2) is 28.0 Å². The van der Waals surface area contributed by atoms with Crippen LogP contribution in [0.1, 0.15) is 20.3 Å². The standard InChI is InChI=1S/C12H18N2O4S2/c1-12(2)7-11(12)14-20(17,18)10-6-8(19(3,15)16)4-5-9(10)13/h4-6,11,14H,7,13H2,1-3H3. The lowest BCUT2D eigenvalue weighted by Gasteiger charge is -2.11. The molecular weight excluding hydrogens is 300 g/mol. The first-order valence-corrected chi connectivity index (χ1v) is 9.43. The molecule has 112 valence electrons. The Labute approximate surface area is 119 Å². The zero-order chi connectivity index (χ0) is 15.3. The first kappa shape index (κ1) is 15.3. The Balaban J connectivity index is 2.41. The van der Waals surface area contributed by atoms with Gasteiger partial charge in [-0.25, -0.2) is 21.6 Å². The van der Waals surface area contributed by atoms with Crippen molar-refractivity contribution in [2.45, 2.75) is 36.1 Å². The maximum atomic E-state index is 12.3. The Morgan fingerprint density at radius 1 is 1.25 bits per heavy atom. The van der Waals surface area contributed by atoms with Crippen LogP contribution in [0.2, 0.25) is 0 Å². The van der Waals surface area contributed by atoms with Crippen molar-refractivity contribution < 1.29 is 16.8 Å². The minimum Gasteiger partial charge on any atom is -0.398 e. The van der Waals surface area contributed by atoms with Crippen molar-refractivity contribution in [3.05, 3.63) is 18.2 Å². The minimum atomic E-state index is -3.82. The predicted octanol–water partition coefficient (Wildman–Crippen LogP) is 0.749. The third-order valence-electron chi connectivity index (χ3n) is 3.51. The molecule has 3 N–H and O–H groups in total. The number of sulfonamides is 1. The van der Waals surface area contributed by atoms with Gasteiger partial charge in [-0.2, -0.15) is 0 Å². The summed E-state index contributed by atoms with van der Waals surface area (Å²) in [5.41, 5.74) is 5.63. The molecule has 1 saturated carbocycles. The van der Waals surface area contributed by atoms with E-state index in [1.807, 2.05) is 13.8 Å². The Bertz CT molecular complexity index is 752. The van der Waals surface area contributed by atoms with Crippen molar-refractivity contribution in [3.63, 3.8) is 0 Å². The van der Waals surface area contributed by atoms with E-state index in [0.29, 0.717) is 0 Å². The van der Waals surface area contributed by atoms with Gasteiger partial charge in [0.05, 0.1) is 10.6 Å². The number of hydrogen-bond acceptors (Lipinski definition) is 5. The zero-order valence-electron chi connectivity index (χ0n) is 11.5. The topological polar surface area (TPSA) is 106 Å². The fourth-order valence-electron chi connectivity index (χ4n) is 1.90. The van der Waals surface area contributed by atoms with Gasteiger partial charge in [0.1, 0.15) is 4.90 Å². The highest BCUT2D eigenvalue weighted by atomic mass is 32.2. The van der Waals surface area contributed by atoms with Crippen molar-refractivity contribution in [2.24, 2.45) is 5.41 Å². The van der Waals surface area contributed by atoms with Crippen LogP contribution >= 0.6 is 0 Å². The quantitative estimate of drug-likeness (QED) is 0.797. The van der Waals surface area contributed by atoms with E-state index in [-0.39, 0.29) is 26.9 Å². The number of benzene rings is 1. The van der Waals surface area contributed by atoms with Crippen LogP contribution < -0.4 is 10.5 Å². The number of sulfone groups is 1. The molecule has 1 atom stereocenters. The van der Waals surface area contributed by atoms with E-state index >= 15 is 0 Å². The molecule has 1 fully saturated rings. The lowest BCUT2D eigenvalue weighted by Crippen LogP contribution is -2.29. The van der Waals surface area contributed by atoms with Gasteiger partial charge in [-0.15, -0.1) is 0 Å². The number of nitrogens with two attached hydrogens (primary N) is 1. The summed E-state index contributed by atoms with van der Waals surface area (Å²) in [4.78, 5) is -0.259. The van der Waals surface area contributed by atoms with Crippen molar-refractivity contribution in [3.8, 4) is 0 Å². The van der Waals surface area contributed by atoms with Gasteiger partial charge >= 0.3 is 0 Å². The highest BCUT2D eigenvalue weighted by molar-refractivity contribution is 7.91. The van der Waals surface area contributed by atoms with Crippen molar-refractivity contribution >= 4 is 25.5 Å². The van der Waals surface area contributed by atoms with E-state index in [9.17, 15) is 16.8 Å². The van der Waals surface area contributed by atoms with Gasteiger partial charge in [-0.1, -0.05) is 13.8 Å². The molecule has 0 radical (unpaired) electrons. The third kappa shape index (κ3) is 2.97. The van der Waals surface area contributed by atoms with E-state index < -0.39 is 19.9 Å². The maximum absolute atomic E-state index is 12.3. The summed E-state index contributed by atoms with van der Waals surface area (Å²) in [5.74, 6) is 0. The Hall–Kier alpha value is -1.12. The molecule has 1 aliphatic rings. The summed E-state index contributed by atoms with van der Waals surface area (Å²) in [7, 11) is -7.31. The van der Waals surface area contributed by atoms with Crippen LogP contribution in [-0.4, -0.2) is 29.1 Å². The molecule has 1 aromatic rings. The van der Waals surface area contributed by atoms with Crippen LogP contribution in [0, 0.1) is 5.41 Å². The summed E-state index contributed by atoms with van der Waals surface area (Å²) < 4.78 is 50.1. The van der Waals surface area contributed by atoms with Gasteiger partial charge in [-0.3, -0.25) is 0 Å². The molecule has 0 saturated heterocycles. The van der Waals surface area contributed by atoms with E-state index in [0.717, 1.165) is 18.7 Å². The molecule has 8 heteroatoms. The monoisotopic (exact) mass is 318 g/mol. The molecule has 0 spiro atoms. The second kappa shape index (κ2) is 4.44. The average molecular weight is 318 g/mol. The molecular formula is C12H18N2O4S2. The van der Waals surface area contributed by atoms with Crippen LogP contribution in [-0.2, 0) is 19.9 Å². The summed E-state index contributed by atoms with van der Waals surface area (Å²) in [6, 6.07) is 3.55. The van der Waals surface area contributed by atoms with E-state index in [2.05, 4.69) is 4.72 Å². The fraction of sp³-hybridized carbons (Fsp3) is 0.500. The molecule has 0 aromatic heterocycles. The molecule has 0 heterocycles. The van der Waals surface area contributed by atoms with Gasteiger partial charge in [0.2, 0.25) is 10.0 Å². The predicted molar refractivity (Wildman–Crippen MR) is 76.5 cm³/mol. The number of rotatable bonds is 4. The number of nitrogen functional groups attached to an aromatic ring is 1. The van der Waals surface area contributed by atoms with Crippen molar-refractivity contribution in [1.29, 1.82) is 0 Å². The second-order valence-corrected chi connectivity index (χ2v) is 9.54. The van der Waals surface area contributed by atoms with Gasteiger partial charge in [0, 0.05) is 12.3 Å². The Kier molecular flexibility index (Phi) is 3.39. The van der Waals surface area contributed by atoms with Gasteiger partial charge in [0.25, 0.3) is 0 Å². The normalized spacial score (nSPS) is 21.6. The summed E-state index contributed by atoms with van der Waals surface area (Å²) >= 11 is 0. The third-order valence-corrected chi connectivity index (χ3v) is 6.15. The largest absolute Gasteiger partial charge is 0.398 e. The number of anilines is 1. The van der Waals surface area contributed by atoms with Crippen LogP contribution in [0.4, 0.5) is 5.69 Å². The van der Waals surface area contributed by atoms with Crippen LogP contribution in [0.3, 0.4) is 0 Å². The van der Waals surface area contributed by atoms with Crippen molar-refractivity contribution in [1.82, 2.24) is 4.72 Å². The molecule has 6 nitrogen and oxygen atoms in total. The van der Waals surface area contributed by atoms with Crippen LogP contribution in [0.5, 0.6) is 0 Å². The fourth-order valence-corrected chi connectivity index (χ4v) is 4.18. The number of hydrogen-bond donors (Lipinski definition) is 2. The first-order chi connectivity index (χ1) is 8.93. The maximum Gasteiger partial charge on any atom is 0.242 e. The number of nitrogens with one attached hydrogen (secondary N) is 1. The molecule has 1 aliphatic carbocycles. The SMILES string of the molecule is CC1(C)CC1NS(=O)(=O)c1cc(S(C)(=O)=O)ccc1N. The van der Waals surface area contributed by atoms with Crippen molar-refractivity contribution in [2.75, 3.05) is 12.0 Å². The molecule has 1 unspecified atom stereocenters. The second-order valence-electron chi connectivity index (χ2n) is 5.84. The Morgan fingerprint density at radius 3 is 2.25 bits per heavy atom. The van der Waals surface area contributed by atoms with Gasteiger partial charge < -0.3 is 5.73 Å². The summed E-state index contributed by atoms with van der Waals surface area (Å²) in [5, 5.41) is 0. The smallest absolute Gasteiger partial charge is 0.242 e. The molecule has 20 heavy (non-hydrogen) atoms. The molecule has 0 amide bonds. The van der Waals surface area contributed by atoms with E-state index in [1.165, 1.54) is 12.1 Å². The van der Waals surface area contributed by atoms with E-state index in [1.54, 1.807) is 0 Å². The highest BCUT2D eigenvalue weighted by Crippen LogP contribution is 2.45. The molecule has 2 rings (SSSR count). The molecule has 0 aliphatic heterocycles. The van der Waals surface area contributed by atoms with E-state index in [4.69, 9.17) is 5.73 Å². The highest BCUT2D eigenvalue weighted by Gasteiger charge is 2.48. The lowest BCUT2D eigenvalue weighted by molar-refractivity contribution is 0.555. The summed E-state index contributed by atoms with van der Waals surface area (Å²) in [6.45, 7) is 3.91. The van der Waals surface area contributed by atoms with Crippen LogP contribution in [0.25, 0.3) is 0 Å². The first-order valence-electron chi connectivity index (χ1n) is 6.05. The molecule has 1 aromatic carbocycles. The van der Waals surface area contributed by atoms with Gasteiger partial charge in [0.15, 0.2) is 9.84 Å². The molecule has 0 bridgehead atoms. The summed E-state index contributed by atoms with van der Waals surface area (Å²) in [6.07, 6.45) is 1.77. The minimum absolute atomic E-state index is 0.0309.